The van der Waals surface area contributed by atoms with Crippen LogP contribution in [-0.2, 0) is 13.7 Å². The van der Waals surface area contributed by atoms with E-state index >= 15 is 0 Å². The normalized spacial score (nSPS) is 24.4. The van der Waals surface area contributed by atoms with E-state index in [0.29, 0.717) is 50.5 Å². The van der Waals surface area contributed by atoms with E-state index in [0.717, 1.165) is 0 Å². The molecule has 19 nitrogen and oxygen atoms in total. The number of para-hydroxylation sites is 1. The number of hydrazone groups is 6. The number of hydrogen-bond acceptors (Lipinski definition) is 10. The quantitative estimate of drug-likeness (QED) is 0.156. The van der Waals surface area contributed by atoms with Gasteiger partial charge in [-0.1, -0.05) is 54.6 Å². The number of fused-ring (bicyclic) bond motifs is 6. The van der Waals surface area contributed by atoms with Gasteiger partial charge >= 0.3 is 22.6 Å². The Kier molecular flexibility index (Phi) is 13.6. The third-order valence-electron chi connectivity index (χ3n) is 9.83. The number of nitrogens with zero attached hydrogens (tertiary/aromatic N) is 12. The van der Waals surface area contributed by atoms with Crippen molar-refractivity contribution < 1.29 is 18.2 Å². The van der Waals surface area contributed by atoms with Crippen LogP contribution in [0, 0.1) is 0 Å². The summed E-state index contributed by atoms with van der Waals surface area (Å²) in [5, 5.41) is 28.3. The number of rotatable bonds is 4. The molecule has 2 unspecified atom stereocenters. The Balaban J connectivity index is 1.27. The molecule has 64 heavy (non-hydrogen) atoms. The van der Waals surface area contributed by atoms with Crippen molar-refractivity contribution in [1.82, 2.24) is 43.6 Å². The van der Waals surface area contributed by atoms with Gasteiger partial charge < -0.3 is 19.5 Å². The van der Waals surface area contributed by atoms with Gasteiger partial charge in [0.15, 0.2) is 0 Å². The summed E-state index contributed by atoms with van der Waals surface area (Å²) in [6, 6.07) is 37.4. The van der Waals surface area contributed by atoms with E-state index in [-0.39, 0.29) is 0 Å². The van der Waals surface area contributed by atoms with Crippen molar-refractivity contribution in [2.75, 3.05) is 42.3 Å². The molecule has 6 bridgehead atoms. The molecule has 1 aliphatic heterocycles. The van der Waals surface area contributed by atoms with Crippen molar-refractivity contribution in [3.8, 4) is 5.75 Å². The summed E-state index contributed by atoms with van der Waals surface area (Å²) in [5.74, 6) is 0.350. The Morgan fingerprint density at radius 2 is 0.609 bits per heavy atom. The highest BCUT2D eigenvalue weighted by atomic mass is 31.2. The predicted molar refractivity (Wildman–Crippen MR) is 257 cm³/mol. The van der Waals surface area contributed by atoms with Crippen LogP contribution in [0.5, 0.6) is 5.75 Å². The lowest BCUT2D eigenvalue weighted by Crippen LogP contribution is -2.28. The van der Waals surface area contributed by atoms with Crippen molar-refractivity contribution in [2.45, 2.75) is 0 Å². The van der Waals surface area contributed by atoms with Crippen LogP contribution < -0.4 is 15.1 Å². The minimum Gasteiger partial charge on any atom is -0.412 e. The first-order chi connectivity index (χ1) is 30.8. The first-order valence-electron chi connectivity index (χ1n) is 19.7. The Hall–Kier alpha value is -7.19. The summed E-state index contributed by atoms with van der Waals surface area (Å²) in [5.41, 5.74) is 3.50. The monoisotopic (exact) mass is 919 g/mol. The Bertz CT molecular complexity index is 2670. The first-order valence-corrected chi connectivity index (χ1v) is 24.5. The lowest BCUT2D eigenvalue weighted by molar-refractivity contribution is 0.325. The maximum atomic E-state index is 15.0. The van der Waals surface area contributed by atoms with E-state index < -0.39 is 22.6 Å². The molecule has 3 N–H and O–H groups in total. The summed E-state index contributed by atoms with van der Waals surface area (Å²) in [4.78, 5) is 9.66. The van der Waals surface area contributed by atoms with Crippen LogP contribution in [0.25, 0.3) is 0 Å². The van der Waals surface area contributed by atoms with Gasteiger partial charge in [0.05, 0.1) is 82.1 Å². The van der Waals surface area contributed by atoms with Crippen molar-refractivity contribution in [3.63, 3.8) is 0 Å². The van der Waals surface area contributed by atoms with Crippen LogP contribution in [0.2, 0.25) is 0 Å². The van der Waals surface area contributed by atoms with E-state index in [1.807, 2.05) is 18.2 Å². The molecular weight excluding hydrogens is 871 g/mol. The molecule has 4 heterocycles. The molecule has 330 valence electrons. The van der Waals surface area contributed by atoms with Gasteiger partial charge in [-0.2, -0.15) is 40.2 Å². The smallest absolute Gasteiger partial charge is 0.412 e. The molecule has 6 aromatic rings. The molecule has 0 amide bonds. The van der Waals surface area contributed by atoms with E-state index in [4.69, 9.17) is 4.52 Å². The number of H-pyrrole nitrogens is 3. The summed E-state index contributed by atoms with van der Waals surface area (Å²) in [7, 11) is -1.73. The van der Waals surface area contributed by atoms with Crippen molar-refractivity contribution >= 4 is 70.5 Å². The van der Waals surface area contributed by atoms with Crippen LogP contribution in [0.4, 0.5) is 0 Å². The molecule has 22 heteroatoms. The molecule has 3 aromatic heterocycles. The first kappa shape index (κ1) is 44.9. The minimum absolute atomic E-state index is 0.350. The van der Waals surface area contributed by atoms with Crippen LogP contribution in [0.1, 0.15) is 34.2 Å². The minimum atomic E-state index is -3.99. The molecule has 0 fully saturated rings. The lowest BCUT2D eigenvalue weighted by atomic mass is 10.3. The lowest BCUT2D eigenvalue weighted by Gasteiger charge is -2.31. The largest absolute Gasteiger partial charge is 0.479 e. The van der Waals surface area contributed by atoms with Gasteiger partial charge in [0.2, 0.25) is 0 Å². The van der Waals surface area contributed by atoms with Gasteiger partial charge in [0.1, 0.15) is 5.75 Å². The zero-order valence-corrected chi connectivity index (χ0v) is 38.6. The third-order valence-corrected chi connectivity index (χ3v) is 17.4. The molecule has 1 aliphatic rings. The highest BCUT2D eigenvalue weighted by Gasteiger charge is 2.37. The van der Waals surface area contributed by atoms with Gasteiger partial charge in [-0.05, 0) is 72.8 Å². The number of aromatic amines is 3. The van der Waals surface area contributed by atoms with Gasteiger partial charge in [-0.25, -0.2) is 23.7 Å². The maximum Gasteiger partial charge on any atom is 0.479 e. The fourth-order valence-electron chi connectivity index (χ4n) is 6.24. The topological polar surface area (TPSA) is 201 Å². The SMILES string of the molecule is CN1/N=C\c2ccc([nH]2)/C=N\N(C)P(=O)(c2ccccc2)N(C)/N=C\c2ccc([nH]2)/C=N\N(C)P(=O)(c2ccccc2)N(C)/N=C\c2ccc([nH]2)/C=N\N(C)P1(=O)Oc1ccccc1. The average molecular weight is 920 g/mol. The summed E-state index contributed by atoms with van der Waals surface area (Å²) >= 11 is 0. The van der Waals surface area contributed by atoms with E-state index in [9.17, 15) is 13.7 Å². The Labute approximate surface area is 371 Å². The summed E-state index contributed by atoms with van der Waals surface area (Å²) in [6.07, 6.45) is 9.18. The van der Waals surface area contributed by atoms with Gasteiger partial charge in [-0.3, -0.25) is 9.13 Å². The molecule has 0 spiro atoms. The third kappa shape index (κ3) is 9.87. The Morgan fingerprint density at radius 3 is 0.891 bits per heavy atom. The fourth-order valence-corrected chi connectivity index (χ4v) is 11.6. The zero-order valence-electron chi connectivity index (χ0n) is 35.9. The molecule has 0 saturated carbocycles. The second-order valence-electron chi connectivity index (χ2n) is 14.2. The number of aromatic nitrogens is 3. The second kappa shape index (κ2) is 19.5. The van der Waals surface area contributed by atoms with Crippen molar-refractivity contribution in [3.05, 3.63) is 162 Å². The molecule has 0 aliphatic carbocycles. The highest BCUT2D eigenvalue weighted by molar-refractivity contribution is 7.67. The standard InChI is InChI=1S/C42H48N15O4P3/c1-52-43-28-34-22-23-35(49-34)29-44-53(2)63(59,42-20-14-9-15-21-42)55(4)46-31-37-25-27-39(51-37)33-48-57(6)64(60,61-40-16-10-7-11-17-40)56(5)47-32-38-26-24-36(50-38)30-45-54(3)62(52,58)41-18-12-8-13-19-41/h7-33,49-51H,1-6H3/b43-28-,44-29-,45-30-,46-31-,47-32-,48-33-. The molecule has 0 saturated heterocycles. The number of nitrogens with one attached hydrogen (secondary N) is 3. The summed E-state index contributed by atoms with van der Waals surface area (Å²) < 4.78 is 58.7. The second-order valence-corrected chi connectivity index (χ2v) is 22.0. The van der Waals surface area contributed by atoms with E-state index in [1.165, 1.54) is 55.2 Å². The van der Waals surface area contributed by atoms with Crippen LogP contribution in [0.3, 0.4) is 0 Å². The Morgan fingerprint density at radius 1 is 0.359 bits per heavy atom. The average Bonchev–Trinajstić information content (AvgIpc) is 4.11. The van der Waals surface area contributed by atoms with Crippen LogP contribution in [0.15, 0.2) is 158 Å². The predicted octanol–water partition coefficient (Wildman–Crippen LogP) is 6.90. The molecule has 2 atom stereocenters. The van der Waals surface area contributed by atoms with Crippen molar-refractivity contribution in [2.24, 2.45) is 30.6 Å². The molecular formula is C42H48N15O4P3. The number of hydrogen-bond donors (Lipinski definition) is 3. The maximum absolute atomic E-state index is 15.0. The summed E-state index contributed by atoms with van der Waals surface area (Å²) in [6.45, 7) is 0. The van der Waals surface area contributed by atoms with E-state index in [1.54, 1.807) is 162 Å². The fraction of sp³-hybridized carbons (Fsp3) is 0.143. The molecule has 3 aromatic carbocycles. The number of benzene rings is 3. The van der Waals surface area contributed by atoms with Gasteiger partial charge in [0.25, 0.3) is 0 Å². The molecule has 0 radical (unpaired) electrons. The van der Waals surface area contributed by atoms with Gasteiger partial charge in [-0.15, -0.1) is 0 Å². The highest BCUT2D eigenvalue weighted by Crippen LogP contribution is 2.53. The molecule has 7 rings (SSSR count). The van der Waals surface area contributed by atoms with Gasteiger partial charge in [0, 0.05) is 42.3 Å². The van der Waals surface area contributed by atoms with Crippen LogP contribution >= 0.6 is 22.6 Å². The van der Waals surface area contributed by atoms with E-state index in [2.05, 4.69) is 45.6 Å². The van der Waals surface area contributed by atoms with Crippen LogP contribution in [-0.4, -0.2) is 123 Å². The zero-order chi connectivity index (χ0) is 45.3. The van der Waals surface area contributed by atoms with Crippen molar-refractivity contribution in [1.29, 1.82) is 0 Å².